The van der Waals surface area contributed by atoms with Crippen LogP contribution in [0.3, 0.4) is 0 Å². The van der Waals surface area contributed by atoms with Gasteiger partial charge in [0.15, 0.2) is 5.11 Å². The van der Waals surface area contributed by atoms with Gasteiger partial charge in [-0.05, 0) is 63.5 Å². The summed E-state index contributed by atoms with van der Waals surface area (Å²) in [5.74, 6) is -0.217. The highest BCUT2D eigenvalue weighted by Crippen LogP contribution is 2.14. The lowest BCUT2D eigenvalue weighted by molar-refractivity contribution is 0.0943. The summed E-state index contributed by atoms with van der Waals surface area (Å²) in [6.45, 7) is 5.97. The Morgan fingerprint density at radius 2 is 1.74 bits per heavy atom. The summed E-state index contributed by atoms with van der Waals surface area (Å²) in [4.78, 5) is 13.0. The van der Waals surface area contributed by atoms with Gasteiger partial charge in [-0.25, -0.2) is 0 Å². The van der Waals surface area contributed by atoms with Gasteiger partial charge in [-0.1, -0.05) is 0 Å². The molecule has 6 heteroatoms. The number of nitrogens with one attached hydrogen (secondary N) is 3. The number of hydrazine groups is 1. The van der Waals surface area contributed by atoms with Crippen molar-refractivity contribution >= 4 is 35.0 Å². The minimum atomic E-state index is -0.217. The highest BCUT2D eigenvalue weighted by Gasteiger charge is 2.11. The van der Waals surface area contributed by atoms with Gasteiger partial charge in [-0.3, -0.25) is 15.6 Å². The van der Waals surface area contributed by atoms with Crippen molar-refractivity contribution in [2.24, 2.45) is 0 Å². The van der Waals surface area contributed by atoms with E-state index < -0.39 is 0 Å². The molecule has 1 aromatic rings. The summed E-state index contributed by atoms with van der Waals surface area (Å²) < 4.78 is 0. The fourth-order valence-electron chi connectivity index (χ4n) is 1.30. The second-order valence-electron chi connectivity index (χ2n) is 5.01. The topological polar surface area (TPSA) is 53.2 Å². The SMILES string of the molecule is CSc1ccc(C(=O)NNC(=S)NC(C)(C)C)cc1. The molecule has 104 valence electrons. The molecular weight excluding hydrogens is 278 g/mol. The largest absolute Gasteiger partial charge is 0.357 e. The van der Waals surface area contributed by atoms with Gasteiger partial charge >= 0.3 is 0 Å². The van der Waals surface area contributed by atoms with E-state index in [0.29, 0.717) is 10.7 Å². The van der Waals surface area contributed by atoms with Crippen molar-refractivity contribution in [1.82, 2.24) is 16.2 Å². The van der Waals surface area contributed by atoms with Crippen molar-refractivity contribution in [3.63, 3.8) is 0 Å². The zero-order valence-electron chi connectivity index (χ0n) is 11.5. The molecule has 19 heavy (non-hydrogen) atoms. The Morgan fingerprint density at radius 1 is 1.16 bits per heavy atom. The molecule has 0 saturated heterocycles. The molecule has 0 unspecified atom stereocenters. The lowest BCUT2D eigenvalue weighted by atomic mass is 10.1. The third-order valence-corrected chi connectivity index (χ3v) is 3.08. The first-order valence-electron chi connectivity index (χ1n) is 5.84. The van der Waals surface area contributed by atoms with Gasteiger partial charge in [-0.15, -0.1) is 11.8 Å². The van der Waals surface area contributed by atoms with Gasteiger partial charge in [0, 0.05) is 16.0 Å². The van der Waals surface area contributed by atoms with E-state index in [-0.39, 0.29) is 11.4 Å². The van der Waals surface area contributed by atoms with Crippen LogP contribution in [0.1, 0.15) is 31.1 Å². The molecule has 0 aliphatic carbocycles. The Kier molecular flexibility index (Phi) is 5.62. The smallest absolute Gasteiger partial charge is 0.269 e. The Balaban J connectivity index is 2.49. The summed E-state index contributed by atoms with van der Waals surface area (Å²) in [6.07, 6.45) is 1.99. The van der Waals surface area contributed by atoms with Gasteiger partial charge in [0.05, 0.1) is 0 Å². The van der Waals surface area contributed by atoms with E-state index in [1.54, 1.807) is 23.9 Å². The van der Waals surface area contributed by atoms with Crippen molar-refractivity contribution in [2.45, 2.75) is 31.2 Å². The van der Waals surface area contributed by atoms with Gasteiger partial charge < -0.3 is 5.32 Å². The predicted molar refractivity (Wildman–Crippen MR) is 84.3 cm³/mol. The molecule has 0 heterocycles. The fourth-order valence-corrected chi connectivity index (χ4v) is 2.07. The standard InChI is InChI=1S/C13H19N3OS2/c1-13(2,3)14-12(18)16-15-11(17)9-5-7-10(19-4)8-6-9/h5-8H,1-4H3,(H,15,17)(H2,14,16,18). The van der Waals surface area contributed by atoms with Crippen LogP contribution in [0.25, 0.3) is 0 Å². The highest BCUT2D eigenvalue weighted by atomic mass is 32.2. The maximum Gasteiger partial charge on any atom is 0.269 e. The molecule has 1 aromatic carbocycles. The Hall–Kier alpha value is -1.27. The molecule has 0 aromatic heterocycles. The summed E-state index contributed by atoms with van der Waals surface area (Å²) >= 11 is 6.71. The second kappa shape index (κ2) is 6.77. The van der Waals surface area contributed by atoms with Crippen LogP contribution < -0.4 is 16.2 Å². The van der Waals surface area contributed by atoms with E-state index in [0.717, 1.165) is 4.90 Å². The molecule has 4 nitrogen and oxygen atoms in total. The average Bonchev–Trinajstić information content (AvgIpc) is 2.34. The average molecular weight is 297 g/mol. The first-order chi connectivity index (χ1) is 8.81. The van der Waals surface area contributed by atoms with Crippen LogP contribution >= 0.6 is 24.0 Å². The number of thioether (sulfide) groups is 1. The number of hydrogen-bond acceptors (Lipinski definition) is 3. The first kappa shape index (κ1) is 15.8. The lowest BCUT2D eigenvalue weighted by Gasteiger charge is -2.23. The quantitative estimate of drug-likeness (QED) is 0.444. The van der Waals surface area contributed by atoms with E-state index in [4.69, 9.17) is 12.2 Å². The Bertz CT molecular complexity index is 452. The number of carbonyl (C=O) groups is 1. The molecular formula is C13H19N3OS2. The summed E-state index contributed by atoms with van der Waals surface area (Å²) in [7, 11) is 0. The van der Waals surface area contributed by atoms with E-state index in [1.165, 1.54) is 0 Å². The van der Waals surface area contributed by atoms with Crippen LogP contribution in [-0.2, 0) is 0 Å². The monoisotopic (exact) mass is 297 g/mol. The van der Waals surface area contributed by atoms with E-state index in [9.17, 15) is 4.79 Å². The summed E-state index contributed by atoms with van der Waals surface area (Å²) in [5.41, 5.74) is 5.68. The maximum absolute atomic E-state index is 11.8. The number of rotatable bonds is 2. The number of benzene rings is 1. The molecule has 0 atom stereocenters. The maximum atomic E-state index is 11.8. The molecule has 0 spiro atoms. The van der Waals surface area contributed by atoms with Crippen molar-refractivity contribution in [1.29, 1.82) is 0 Å². The molecule has 0 saturated carbocycles. The molecule has 0 aliphatic rings. The molecule has 0 radical (unpaired) electrons. The molecule has 1 amide bonds. The normalized spacial score (nSPS) is 10.7. The highest BCUT2D eigenvalue weighted by molar-refractivity contribution is 7.98. The molecule has 1 rings (SSSR count). The number of amides is 1. The minimum Gasteiger partial charge on any atom is -0.357 e. The molecule has 0 fully saturated rings. The van der Waals surface area contributed by atoms with Gasteiger partial charge in [-0.2, -0.15) is 0 Å². The second-order valence-corrected chi connectivity index (χ2v) is 6.30. The van der Waals surface area contributed by atoms with E-state index in [2.05, 4.69) is 16.2 Å². The minimum absolute atomic E-state index is 0.144. The molecule has 3 N–H and O–H groups in total. The van der Waals surface area contributed by atoms with Gasteiger partial charge in [0.1, 0.15) is 0 Å². The van der Waals surface area contributed by atoms with Crippen LogP contribution in [0, 0.1) is 0 Å². The number of carbonyl (C=O) groups excluding carboxylic acids is 1. The van der Waals surface area contributed by atoms with Crippen LogP contribution in [0.5, 0.6) is 0 Å². The van der Waals surface area contributed by atoms with Crippen LogP contribution in [0.15, 0.2) is 29.2 Å². The van der Waals surface area contributed by atoms with Crippen molar-refractivity contribution in [3.05, 3.63) is 29.8 Å². The zero-order valence-corrected chi connectivity index (χ0v) is 13.2. The van der Waals surface area contributed by atoms with Crippen LogP contribution in [0.2, 0.25) is 0 Å². The third kappa shape index (κ3) is 5.94. The number of hydrogen-bond donors (Lipinski definition) is 3. The molecule has 0 aliphatic heterocycles. The summed E-state index contributed by atoms with van der Waals surface area (Å²) in [6, 6.07) is 7.38. The van der Waals surface area contributed by atoms with Crippen LogP contribution in [-0.4, -0.2) is 22.8 Å². The van der Waals surface area contributed by atoms with Crippen molar-refractivity contribution < 1.29 is 4.79 Å². The third-order valence-electron chi connectivity index (χ3n) is 2.13. The zero-order chi connectivity index (χ0) is 14.5. The van der Waals surface area contributed by atoms with E-state index in [1.807, 2.05) is 39.2 Å². The Labute approximate surface area is 123 Å². The van der Waals surface area contributed by atoms with Crippen molar-refractivity contribution in [2.75, 3.05) is 6.26 Å². The fraction of sp³-hybridized carbons (Fsp3) is 0.385. The Morgan fingerprint density at radius 3 is 2.21 bits per heavy atom. The number of thiocarbonyl (C=S) groups is 1. The van der Waals surface area contributed by atoms with Gasteiger partial charge in [0.2, 0.25) is 0 Å². The van der Waals surface area contributed by atoms with Gasteiger partial charge in [0.25, 0.3) is 5.91 Å². The van der Waals surface area contributed by atoms with E-state index >= 15 is 0 Å². The summed E-state index contributed by atoms with van der Waals surface area (Å²) in [5, 5.41) is 3.44. The lowest BCUT2D eigenvalue weighted by Crippen LogP contribution is -2.52. The predicted octanol–water partition coefficient (Wildman–Crippen LogP) is 2.32. The molecule has 0 bridgehead atoms. The first-order valence-corrected chi connectivity index (χ1v) is 7.47. The van der Waals surface area contributed by atoms with Crippen molar-refractivity contribution in [3.8, 4) is 0 Å². The van der Waals surface area contributed by atoms with Crippen LogP contribution in [0.4, 0.5) is 0 Å².